The Labute approximate surface area is 121 Å². The summed E-state index contributed by atoms with van der Waals surface area (Å²) in [4.78, 5) is -0.0276. The fraction of sp³-hybridized carbons (Fsp3) is 0.500. The van der Waals surface area contributed by atoms with Gasteiger partial charge in [-0.1, -0.05) is 25.1 Å². The van der Waals surface area contributed by atoms with Crippen LogP contribution in [-0.4, -0.2) is 10.5 Å². The van der Waals surface area contributed by atoms with Crippen molar-refractivity contribution in [1.29, 1.82) is 0 Å². The van der Waals surface area contributed by atoms with Gasteiger partial charge in [-0.05, 0) is 38.0 Å². The lowest BCUT2D eigenvalue weighted by Crippen LogP contribution is -2.32. The maximum absolute atomic E-state index is 12.7. The van der Waals surface area contributed by atoms with E-state index in [1.165, 1.54) is 6.07 Å². The number of hydrogen-bond acceptors (Lipinski definition) is 2. The molecule has 0 radical (unpaired) electrons. The fourth-order valence-corrected chi connectivity index (χ4v) is 2.81. The third kappa shape index (κ3) is 3.23. The first-order chi connectivity index (χ1) is 9.21. The third-order valence-corrected chi connectivity index (χ3v) is 3.98. The van der Waals surface area contributed by atoms with Crippen molar-refractivity contribution < 1.29 is 13.2 Å². The van der Waals surface area contributed by atoms with Gasteiger partial charge in [0, 0.05) is 16.8 Å². The molecular formula is C14H17F3N2S. The zero-order valence-electron chi connectivity index (χ0n) is 11.2. The SMILES string of the molecule is CC1(Nc2ccc(C(F)(F)F)cc2C(N)=S)CCCC1. The van der Waals surface area contributed by atoms with Gasteiger partial charge in [0.25, 0.3) is 0 Å². The molecule has 0 spiro atoms. The monoisotopic (exact) mass is 302 g/mol. The number of nitrogens with two attached hydrogens (primary N) is 1. The van der Waals surface area contributed by atoms with Crippen LogP contribution in [0.15, 0.2) is 18.2 Å². The van der Waals surface area contributed by atoms with Crippen molar-refractivity contribution in [3.05, 3.63) is 29.3 Å². The highest BCUT2D eigenvalue weighted by atomic mass is 32.1. The Bertz CT molecular complexity index is 520. The van der Waals surface area contributed by atoms with Crippen LogP contribution in [0.3, 0.4) is 0 Å². The molecular weight excluding hydrogens is 285 g/mol. The predicted octanol–water partition coefficient (Wildman–Crippen LogP) is 4.08. The minimum Gasteiger partial charge on any atom is -0.389 e. The highest BCUT2D eigenvalue weighted by molar-refractivity contribution is 7.80. The molecule has 0 saturated heterocycles. The molecule has 1 aliphatic carbocycles. The number of rotatable bonds is 3. The Morgan fingerprint density at radius 2 is 1.90 bits per heavy atom. The van der Waals surface area contributed by atoms with Crippen molar-refractivity contribution in [2.24, 2.45) is 5.73 Å². The molecule has 0 aromatic heterocycles. The molecule has 2 rings (SSSR count). The second kappa shape index (κ2) is 5.24. The molecule has 20 heavy (non-hydrogen) atoms. The maximum atomic E-state index is 12.7. The zero-order valence-corrected chi connectivity index (χ0v) is 12.0. The van der Waals surface area contributed by atoms with Gasteiger partial charge in [0.05, 0.1) is 5.56 Å². The third-order valence-electron chi connectivity index (χ3n) is 3.76. The van der Waals surface area contributed by atoms with E-state index in [0.29, 0.717) is 5.69 Å². The van der Waals surface area contributed by atoms with E-state index in [9.17, 15) is 13.2 Å². The molecule has 0 amide bonds. The molecule has 1 aliphatic rings. The highest BCUT2D eigenvalue weighted by Gasteiger charge is 2.33. The van der Waals surface area contributed by atoms with Gasteiger partial charge in [-0.3, -0.25) is 0 Å². The summed E-state index contributed by atoms with van der Waals surface area (Å²) in [6.07, 6.45) is -0.177. The van der Waals surface area contributed by atoms with E-state index in [0.717, 1.165) is 37.8 Å². The van der Waals surface area contributed by atoms with Crippen LogP contribution in [0.2, 0.25) is 0 Å². The summed E-state index contributed by atoms with van der Waals surface area (Å²) >= 11 is 4.88. The fourth-order valence-electron chi connectivity index (χ4n) is 2.64. The van der Waals surface area contributed by atoms with Crippen molar-refractivity contribution in [3.63, 3.8) is 0 Å². The van der Waals surface area contributed by atoms with E-state index in [4.69, 9.17) is 18.0 Å². The standard InChI is InChI=1S/C14H17F3N2S/c1-13(6-2-3-7-13)19-11-5-4-9(14(15,16)17)8-10(11)12(18)20/h4-5,8,19H,2-3,6-7H2,1H3,(H2,18,20). The first kappa shape index (κ1) is 15.1. The average Bonchev–Trinajstić information content (AvgIpc) is 2.74. The maximum Gasteiger partial charge on any atom is 0.416 e. The van der Waals surface area contributed by atoms with E-state index >= 15 is 0 Å². The van der Waals surface area contributed by atoms with Gasteiger partial charge in [0.1, 0.15) is 4.99 Å². The Hall–Kier alpha value is -1.30. The summed E-state index contributed by atoms with van der Waals surface area (Å²) in [5, 5.41) is 3.31. The van der Waals surface area contributed by atoms with Crippen molar-refractivity contribution in [2.45, 2.75) is 44.3 Å². The Morgan fingerprint density at radius 1 is 1.30 bits per heavy atom. The predicted molar refractivity (Wildman–Crippen MR) is 77.8 cm³/mol. The number of benzene rings is 1. The summed E-state index contributed by atoms with van der Waals surface area (Å²) in [7, 11) is 0. The number of anilines is 1. The highest BCUT2D eigenvalue weighted by Crippen LogP contribution is 2.36. The van der Waals surface area contributed by atoms with Gasteiger partial charge in [0.2, 0.25) is 0 Å². The van der Waals surface area contributed by atoms with Gasteiger partial charge < -0.3 is 11.1 Å². The van der Waals surface area contributed by atoms with Gasteiger partial charge in [-0.15, -0.1) is 0 Å². The lowest BCUT2D eigenvalue weighted by atomic mass is 9.98. The molecule has 0 unspecified atom stereocenters. The number of halogens is 3. The van der Waals surface area contributed by atoms with Crippen molar-refractivity contribution in [1.82, 2.24) is 0 Å². The van der Waals surface area contributed by atoms with E-state index < -0.39 is 11.7 Å². The summed E-state index contributed by atoms with van der Waals surface area (Å²) in [6, 6.07) is 3.49. The number of nitrogens with one attached hydrogen (secondary N) is 1. The van der Waals surface area contributed by atoms with E-state index in [-0.39, 0.29) is 16.1 Å². The van der Waals surface area contributed by atoms with Crippen LogP contribution in [-0.2, 0) is 6.18 Å². The van der Waals surface area contributed by atoms with Crippen LogP contribution in [0.4, 0.5) is 18.9 Å². The first-order valence-corrected chi connectivity index (χ1v) is 6.91. The topological polar surface area (TPSA) is 38.0 Å². The number of hydrogen-bond donors (Lipinski definition) is 2. The van der Waals surface area contributed by atoms with E-state index in [1.807, 2.05) is 0 Å². The lowest BCUT2D eigenvalue weighted by Gasteiger charge is -2.28. The van der Waals surface area contributed by atoms with Crippen molar-refractivity contribution in [3.8, 4) is 0 Å². The van der Waals surface area contributed by atoms with Crippen LogP contribution in [0.1, 0.15) is 43.7 Å². The molecule has 0 atom stereocenters. The average molecular weight is 302 g/mol. The minimum absolute atomic E-state index is 0.0276. The van der Waals surface area contributed by atoms with E-state index in [1.54, 1.807) is 0 Å². The van der Waals surface area contributed by atoms with Crippen LogP contribution in [0.5, 0.6) is 0 Å². The van der Waals surface area contributed by atoms with Crippen molar-refractivity contribution in [2.75, 3.05) is 5.32 Å². The zero-order chi connectivity index (χ0) is 15.0. The van der Waals surface area contributed by atoms with E-state index in [2.05, 4.69) is 12.2 Å². The molecule has 1 aromatic carbocycles. The van der Waals surface area contributed by atoms with Gasteiger partial charge in [-0.2, -0.15) is 13.2 Å². The van der Waals surface area contributed by atoms with Crippen LogP contribution in [0, 0.1) is 0 Å². The molecule has 0 heterocycles. The normalized spacial score (nSPS) is 18.0. The number of thiocarbonyl (C=S) groups is 1. The molecule has 6 heteroatoms. The molecule has 0 bridgehead atoms. The Balaban J connectivity index is 2.35. The summed E-state index contributed by atoms with van der Waals surface area (Å²) in [5.74, 6) is 0. The first-order valence-electron chi connectivity index (χ1n) is 6.50. The summed E-state index contributed by atoms with van der Waals surface area (Å²) in [6.45, 7) is 2.07. The molecule has 1 saturated carbocycles. The number of alkyl halides is 3. The molecule has 0 aliphatic heterocycles. The van der Waals surface area contributed by atoms with Gasteiger partial charge in [-0.25, -0.2) is 0 Å². The molecule has 3 N–H and O–H groups in total. The van der Waals surface area contributed by atoms with Crippen molar-refractivity contribution >= 4 is 22.9 Å². The quantitative estimate of drug-likeness (QED) is 0.826. The van der Waals surface area contributed by atoms with Gasteiger partial charge in [0.15, 0.2) is 0 Å². The summed E-state index contributed by atoms with van der Waals surface area (Å²) in [5.41, 5.74) is 5.57. The Kier molecular flexibility index (Phi) is 3.95. The van der Waals surface area contributed by atoms with Crippen LogP contribution in [0.25, 0.3) is 0 Å². The second-order valence-corrected chi connectivity index (χ2v) is 5.95. The minimum atomic E-state index is -4.39. The molecule has 2 nitrogen and oxygen atoms in total. The summed E-state index contributed by atoms with van der Waals surface area (Å²) < 4.78 is 38.2. The largest absolute Gasteiger partial charge is 0.416 e. The molecule has 110 valence electrons. The molecule has 1 aromatic rings. The smallest absolute Gasteiger partial charge is 0.389 e. The Morgan fingerprint density at radius 3 is 2.40 bits per heavy atom. The van der Waals surface area contributed by atoms with Crippen LogP contribution >= 0.6 is 12.2 Å². The molecule has 1 fully saturated rings. The van der Waals surface area contributed by atoms with Gasteiger partial charge >= 0.3 is 6.18 Å². The van der Waals surface area contributed by atoms with Crippen LogP contribution < -0.4 is 11.1 Å². The lowest BCUT2D eigenvalue weighted by molar-refractivity contribution is -0.137. The second-order valence-electron chi connectivity index (χ2n) is 5.52.